The average molecular weight is 544 g/mol. The summed E-state index contributed by atoms with van der Waals surface area (Å²) < 4.78 is 28.8. The van der Waals surface area contributed by atoms with Gasteiger partial charge in [-0.2, -0.15) is 0 Å². The zero-order valence-corrected chi connectivity index (χ0v) is 23.0. The van der Waals surface area contributed by atoms with Gasteiger partial charge in [0.15, 0.2) is 0 Å². The fourth-order valence-electron chi connectivity index (χ4n) is 5.43. The van der Waals surface area contributed by atoms with Crippen LogP contribution in [0.3, 0.4) is 0 Å². The number of amides is 1. The van der Waals surface area contributed by atoms with Crippen LogP contribution in [0.1, 0.15) is 49.9 Å². The number of rotatable bonds is 6. The van der Waals surface area contributed by atoms with Gasteiger partial charge in [-0.3, -0.25) is 14.5 Å². The maximum absolute atomic E-state index is 13.2. The van der Waals surface area contributed by atoms with E-state index < -0.39 is 15.6 Å². The first-order valence-electron chi connectivity index (χ1n) is 13.2. The van der Waals surface area contributed by atoms with Crippen LogP contribution in [0.2, 0.25) is 0 Å². The molecule has 1 aliphatic carbocycles. The molecular formula is C31H33N3O4S. The van der Waals surface area contributed by atoms with E-state index in [4.69, 9.17) is 0 Å². The summed E-state index contributed by atoms with van der Waals surface area (Å²) in [6, 6.07) is 15.0. The number of hydrogen-bond acceptors (Lipinski definition) is 5. The minimum absolute atomic E-state index is 0.0946. The molecule has 5 rings (SSSR count). The molecule has 202 valence electrons. The lowest BCUT2D eigenvalue weighted by Crippen LogP contribution is -2.47. The topological polar surface area (TPSA) is 99.6 Å². The second kappa shape index (κ2) is 10.8. The van der Waals surface area contributed by atoms with E-state index in [2.05, 4.69) is 29.6 Å². The average Bonchev–Trinajstić information content (AvgIpc) is 3.14. The van der Waals surface area contributed by atoms with E-state index in [-0.39, 0.29) is 10.8 Å². The number of piperidine rings is 1. The van der Waals surface area contributed by atoms with Gasteiger partial charge in [0, 0.05) is 35.9 Å². The van der Waals surface area contributed by atoms with E-state index in [9.17, 15) is 18.3 Å². The van der Waals surface area contributed by atoms with Crippen LogP contribution >= 0.6 is 0 Å². The highest BCUT2D eigenvalue weighted by atomic mass is 32.2. The third-order valence-corrected chi connectivity index (χ3v) is 9.06. The number of aliphatic hydroxyl groups is 1. The maximum Gasteiger partial charge on any atom is 0.264 e. The molecule has 1 fully saturated rings. The van der Waals surface area contributed by atoms with Crippen LogP contribution in [-0.4, -0.2) is 48.0 Å². The number of carbonyl (C=O) groups excluding carboxylic acids is 1. The molecule has 2 aliphatic rings. The molecule has 0 bridgehead atoms. The highest BCUT2D eigenvalue weighted by Gasteiger charge is 2.37. The Kier molecular flexibility index (Phi) is 7.42. The van der Waals surface area contributed by atoms with Crippen LogP contribution in [0, 0.1) is 0 Å². The molecule has 3 aromatic rings. The summed E-state index contributed by atoms with van der Waals surface area (Å²) in [7, 11) is -3.88. The standard InChI is InChI=1S/C31H33N3O4S/c1-3-23-7-4-10-27(22(2)21-23)31(36)16-19-34(20-17-31)30(35)25-12-14-26(15-13-25)33-39(37,38)28-11-5-8-24-9-6-18-32-29(24)28/h4-15,18,33,36H,3,16-17,19-21H2,1-2H3. The number of nitrogens with zero attached hydrogens (tertiary/aromatic N) is 2. The van der Waals surface area contributed by atoms with Crippen LogP contribution in [-0.2, 0) is 10.0 Å². The lowest BCUT2D eigenvalue weighted by Gasteiger charge is -2.40. The Bertz CT molecular complexity index is 1590. The van der Waals surface area contributed by atoms with Crippen LogP contribution < -0.4 is 4.72 Å². The Hall–Kier alpha value is -3.75. The van der Waals surface area contributed by atoms with E-state index in [0.29, 0.717) is 42.7 Å². The number of sulfonamides is 1. The van der Waals surface area contributed by atoms with E-state index in [1.54, 1.807) is 47.5 Å². The molecule has 0 saturated carbocycles. The Morgan fingerprint density at radius 1 is 1.08 bits per heavy atom. The molecule has 0 atom stereocenters. The van der Waals surface area contributed by atoms with Gasteiger partial charge in [-0.15, -0.1) is 0 Å². The monoisotopic (exact) mass is 543 g/mol. The lowest BCUT2D eigenvalue weighted by molar-refractivity contribution is 0.0124. The summed E-state index contributed by atoms with van der Waals surface area (Å²) in [6.45, 7) is 5.10. The van der Waals surface area contributed by atoms with Crippen molar-refractivity contribution in [2.24, 2.45) is 0 Å². The number of allylic oxidation sites excluding steroid dienone is 4. The quantitative estimate of drug-likeness (QED) is 0.421. The van der Waals surface area contributed by atoms with Gasteiger partial charge in [0.25, 0.3) is 15.9 Å². The van der Waals surface area contributed by atoms with Crippen molar-refractivity contribution >= 4 is 32.5 Å². The number of likely N-dealkylation sites (tertiary alicyclic amines) is 1. The number of carbonyl (C=O) groups is 1. The fraction of sp³-hybridized carbons (Fsp3) is 0.290. The summed E-state index contributed by atoms with van der Waals surface area (Å²) >= 11 is 0. The van der Waals surface area contributed by atoms with Crippen molar-refractivity contribution in [3.05, 3.63) is 101 Å². The molecule has 39 heavy (non-hydrogen) atoms. The number of nitrogens with one attached hydrogen (secondary N) is 1. The number of fused-ring (bicyclic) bond motifs is 1. The van der Waals surface area contributed by atoms with Crippen molar-refractivity contribution in [1.82, 2.24) is 9.88 Å². The molecule has 7 nitrogen and oxygen atoms in total. The molecule has 1 aliphatic heterocycles. The normalized spacial score (nSPS) is 17.6. The van der Waals surface area contributed by atoms with Crippen molar-refractivity contribution in [3.63, 3.8) is 0 Å². The maximum atomic E-state index is 13.2. The van der Waals surface area contributed by atoms with Crippen LogP contribution in [0.25, 0.3) is 10.9 Å². The molecule has 1 saturated heterocycles. The first-order chi connectivity index (χ1) is 18.7. The fourth-order valence-corrected chi connectivity index (χ4v) is 6.67. The Balaban J connectivity index is 1.25. The lowest BCUT2D eigenvalue weighted by atomic mass is 9.80. The van der Waals surface area contributed by atoms with E-state index in [1.807, 2.05) is 24.3 Å². The molecular weight excluding hydrogens is 510 g/mol. The second-order valence-electron chi connectivity index (χ2n) is 10.2. The molecule has 2 aromatic carbocycles. The molecule has 0 unspecified atom stereocenters. The van der Waals surface area contributed by atoms with Crippen molar-refractivity contribution in [2.75, 3.05) is 17.8 Å². The van der Waals surface area contributed by atoms with Gasteiger partial charge in [0.05, 0.1) is 11.1 Å². The molecule has 2 N–H and O–H groups in total. The first-order valence-corrected chi connectivity index (χ1v) is 14.7. The van der Waals surface area contributed by atoms with E-state index in [0.717, 1.165) is 23.8 Å². The Morgan fingerprint density at radius 3 is 2.51 bits per heavy atom. The molecule has 2 heterocycles. The summed E-state index contributed by atoms with van der Waals surface area (Å²) in [5.74, 6) is -0.137. The SMILES string of the molecule is CCC1=CC=CC(C2(O)CCN(C(=O)c3ccc(NS(=O)(=O)c4cccc5cccnc45)cc3)CC2)=C(C)C1. The third kappa shape index (κ3) is 5.53. The van der Waals surface area contributed by atoms with Crippen LogP contribution in [0.4, 0.5) is 5.69 Å². The molecule has 1 amide bonds. The number of anilines is 1. The van der Waals surface area contributed by atoms with Gasteiger partial charge < -0.3 is 10.0 Å². The Morgan fingerprint density at radius 2 is 1.79 bits per heavy atom. The first kappa shape index (κ1) is 26.8. The third-order valence-electron chi connectivity index (χ3n) is 7.65. The highest BCUT2D eigenvalue weighted by Crippen LogP contribution is 2.36. The summed E-state index contributed by atoms with van der Waals surface area (Å²) in [4.78, 5) is 19.3. The highest BCUT2D eigenvalue weighted by molar-refractivity contribution is 7.93. The predicted molar refractivity (Wildman–Crippen MR) is 154 cm³/mol. The van der Waals surface area contributed by atoms with Crippen molar-refractivity contribution in [2.45, 2.75) is 50.0 Å². The zero-order chi connectivity index (χ0) is 27.6. The number of pyridine rings is 1. The van der Waals surface area contributed by atoms with Gasteiger partial charge in [0.1, 0.15) is 4.90 Å². The summed E-state index contributed by atoms with van der Waals surface area (Å²) in [5, 5.41) is 12.2. The number of para-hydroxylation sites is 1. The molecule has 0 radical (unpaired) electrons. The molecule has 8 heteroatoms. The minimum Gasteiger partial charge on any atom is -0.385 e. The number of hydrogen-bond donors (Lipinski definition) is 2. The van der Waals surface area contributed by atoms with E-state index >= 15 is 0 Å². The van der Waals surface area contributed by atoms with Crippen molar-refractivity contribution < 1.29 is 18.3 Å². The number of aromatic nitrogens is 1. The largest absolute Gasteiger partial charge is 0.385 e. The molecule has 1 aromatic heterocycles. The Labute approximate surface area is 229 Å². The summed E-state index contributed by atoms with van der Waals surface area (Å²) in [6.07, 6.45) is 10.5. The van der Waals surface area contributed by atoms with Gasteiger partial charge in [0.2, 0.25) is 0 Å². The van der Waals surface area contributed by atoms with Gasteiger partial charge in [-0.25, -0.2) is 8.42 Å². The van der Waals surface area contributed by atoms with Gasteiger partial charge >= 0.3 is 0 Å². The number of benzene rings is 2. The van der Waals surface area contributed by atoms with Crippen molar-refractivity contribution in [1.29, 1.82) is 0 Å². The van der Waals surface area contributed by atoms with Gasteiger partial charge in [-0.05, 0) is 74.6 Å². The van der Waals surface area contributed by atoms with Gasteiger partial charge in [-0.1, -0.05) is 54.5 Å². The summed E-state index contributed by atoms with van der Waals surface area (Å²) in [5.41, 5.74) is 3.76. The molecule has 0 spiro atoms. The van der Waals surface area contributed by atoms with Crippen molar-refractivity contribution in [3.8, 4) is 0 Å². The van der Waals surface area contributed by atoms with Crippen LogP contribution in [0.5, 0.6) is 0 Å². The van der Waals surface area contributed by atoms with Crippen LogP contribution in [0.15, 0.2) is 101 Å². The smallest absolute Gasteiger partial charge is 0.264 e. The minimum atomic E-state index is -3.88. The van der Waals surface area contributed by atoms with E-state index in [1.165, 1.54) is 17.2 Å². The second-order valence-corrected chi connectivity index (χ2v) is 11.9. The zero-order valence-electron chi connectivity index (χ0n) is 22.2. The predicted octanol–water partition coefficient (Wildman–Crippen LogP) is 5.62.